The van der Waals surface area contributed by atoms with Gasteiger partial charge < -0.3 is 14.5 Å². The van der Waals surface area contributed by atoms with Gasteiger partial charge in [0, 0.05) is 25.0 Å². The highest BCUT2D eigenvalue weighted by Gasteiger charge is 2.25. The number of nitrogens with one attached hydrogen (secondary N) is 1. The van der Waals surface area contributed by atoms with Crippen molar-refractivity contribution >= 4 is 0 Å². The number of aromatic nitrogens is 1. The highest BCUT2D eigenvalue weighted by Crippen LogP contribution is 2.28. The largest absolute Gasteiger partial charge is 0.448 e. The van der Waals surface area contributed by atoms with E-state index in [9.17, 15) is 0 Å². The molecule has 0 aliphatic carbocycles. The zero-order valence-electron chi connectivity index (χ0n) is 8.74. The first kappa shape index (κ1) is 9.36. The summed E-state index contributed by atoms with van der Waals surface area (Å²) in [6.45, 7) is 3.74. The molecule has 2 unspecified atom stereocenters. The average molecular weight is 208 g/mol. The van der Waals surface area contributed by atoms with Crippen molar-refractivity contribution in [1.29, 1.82) is 0 Å². The van der Waals surface area contributed by atoms with E-state index in [1.807, 2.05) is 6.26 Å². The first-order valence-corrected chi connectivity index (χ1v) is 5.67. The van der Waals surface area contributed by atoms with Crippen LogP contribution in [0.5, 0.6) is 0 Å². The molecule has 2 fully saturated rings. The summed E-state index contributed by atoms with van der Waals surface area (Å²) in [5.74, 6) is 1.83. The van der Waals surface area contributed by atoms with Gasteiger partial charge in [-0.3, -0.25) is 0 Å². The molecule has 0 spiro atoms. The van der Waals surface area contributed by atoms with Crippen molar-refractivity contribution in [3.63, 3.8) is 0 Å². The maximum absolute atomic E-state index is 5.55. The van der Waals surface area contributed by atoms with Gasteiger partial charge in [-0.25, -0.2) is 4.98 Å². The Morgan fingerprint density at radius 2 is 2.33 bits per heavy atom. The molecule has 0 saturated carbocycles. The first-order chi connectivity index (χ1) is 7.43. The number of ether oxygens (including phenoxy) is 1. The molecule has 82 valence electrons. The molecule has 2 saturated heterocycles. The number of rotatable bonds is 2. The summed E-state index contributed by atoms with van der Waals surface area (Å²) in [7, 11) is 0. The lowest BCUT2D eigenvalue weighted by atomic mass is 10.1. The Bertz CT molecular complexity index is 295. The normalized spacial score (nSPS) is 31.2. The van der Waals surface area contributed by atoms with Crippen LogP contribution in [-0.4, -0.2) is 31.3 Å². The third-order valence-electron chi connectivity index (χ3n) is 3.30. The molecule has 0 amide bonds. The summed E-state index contributed by atoms with van der Waals surface area (Å²) in [6.07, 6.45) is 4.03. The van der Waals surface area contributed by atoms with Crippen molar-refractivity contribution in [3.8, 4) is 0 Å². The topological polar surface area (TPSA) is 47.3 Å². The van der Waals surface area contributed by atoms with Gasteiger partial charge in [0.2, 0.25) is 0 Å². The Balaban J connectivity index is 1.74. The van der Waals surface area contributed by atoms with E-state index < -0.39 is 0 Å². The van der Waals surface area contributed by atoms with E-state index in [1.54, 1.807) is 0 Å². The van der Waals surface area contributed by atoms with Crippen LogP contribution in [0.3, 0.4) is 0 Å². The molecule has 3 rings (SSSR count). The van der Waals surface area contributed by atoms with Crippen LogP contribution in [0, 0.1) is 0 Å². The predicted molar refractivity (Wildman–Crippen MR) is 54.9 cm³/mol. The lowest BCUT2D eigenvalue weighted by molar-refractivity contribution is 0.193. The van der Waals surface area contributed by atoms with Gasteiger partial charge in [0.05, 0.1) is 12.3 Å². The molecule has 2 aliphatic rings. The molecule has 2 atom stereocenters. The molecular weight excluding hydrogens is 192 g/mol. The maximum atomic E-state index is 5.55. The van der Waals surface area contributed by atoms with Crippen LogP contribution < -0.4 is 5.32 Å². The summed E-state index contributed by atoms with van der Waals surface area (Å²) in [5, 5.41) is 3.32. The second-order valence-electron chi connectivity index (χ2n) is 4.36. The third-order valence-corrected chi connectivity index (χ3v) is 3.30. The van der Waals surface area contributed by atoms with Gasteiger partial charge in [-0.15, -0.1) is 0 Å². The van der Waals surface area contributed by atoms with Crippen LogP contribution in [0.15, 0.2) is 10.7 Å². The van der Waals surface area contributed by atoms with E-state index in [4.69, 9.17) is 9.15 Å². The maximum Gasteiger partial charge on any atom is 0.198 e. The molecule has 0 bridgehead atoms. The van der Waals surface area contributed by atoms with E-state index in [2.05, 4.69) is 10.3 Å². The van der Waals surface area contributed by atoms with Gasteiger partial charge in [-0.05, 0) is 19.4 Å². The Morgan fingerprint density at radius 3 is 3.07 bits per heavy atom. The first-order valence-electron chi connectivity index (χ1n) is 5.67. The Hall–Kier alpha value is -0.870. The lowest BCUT2D eigenvalue weighted by Gasteiger charge is -2.02. The van der Waals surface area contributed by atoms with Crippen LogP contribution in [0.2, 0.25) is 0 Å². The van der Waals surface area contributed by atoms with Crippen molar-refractivity contribution in [2.45, 2.75) is 24.7 Å². The average Bonchev–Trinajstić information content (AvgIpc) is 3.02. The van der Waals surface area contributed by atoms with Crippen LogP contribution in [0.4, 0.5) is 0 Å². The van der Waals surface area contributed by atoms with E-state index in [0.717, 1.165) is 50.7 Å². The van der Waals surface area contributed by atoms with Gasteiger partial charge in [-0.2, -0.15) is 0 Å². The minimum Gasteiger partial charge on any atom is -0.448 e. The second kappa shape index (κ2) is 3.94. The number of hydrogen-bond donors (Lipinski definition) is 1. The minimum absolute atomic E-state index is 0.455. The van der Waals surface area contributed by atoms with Gasteiger partial charge in [0.1, 0.15) is 6.26 Å². The number of oxazole rings is 1. The zero-order valence-corrected chi connectivity index (χ0v) is 8.74. The molecule has 15 heavy (non-hydrogen) atoms. The van der Waals surface area contributed by atoms with Gasteiger partial charge in [-0.1, -0.05) is 0 Å². The van der Waals surface area contributed by atoms with Gasteiger partial charge in [0.25, 0.3) is 0 Å². The van der Waals surface area contributed by atoms with Crippen molar-refractivity contribution in [2.24, 2.45) is 0 Å². The van der Waals surface area contributed by atoms with Crippen LogP contribution in [0.1, 0.15) is 36.3 Å². The molecule has 0 aromatic carbocycles. The quantitative estimate of drug-likeness (QED) is 0.794. The molecule has 0 radical (unpaired) electrons. The highest BCUT2D eigenvalue weighted by atomic mass is 16.5. The van der Waals surface area contributed by atoms with E-state index in [1.165, 1.54) is 0 Å². The fourth-order valence-corrected chi connectivity index (χ4v) is 2.31. The van der Waals surface area contributed by atoms with Crippen LogP contribution in [0.25, 0.3) is 0 Å². The predicted octanol–water partition coefficient (Wildman–Crippen LogP) is 1.26. The highest BCUT2D eigenvalue weighted by molar-refractivity contribution is 5.09. The monoisotopic (exact) mass is 208 g/mol. The second-order valence-corrected chi connectivity index (χ2v) is 4.36. The van der Waals surface area contributed by atoms with Crippen molar-refractivity contribution < 1.29 is 9.15 Å². The van der Waals surface area contributed by atoms with Crippen molar-refractivity contribution in [2.75, 3.05) is 26.3 Å². The van der Waals surface area contributed by atoms with Gasteiger partial charge in [0.15, 0.2) is 5.89 Å². The number of hydrogen-bond acceptors (Lipinski definition) is 4. The zero-order chi connectivity index (χ0) is 10.1. The molecule has 1 aromatic rings. The van der Waals surface area contributed by atoms with Crippen molar-refractivity contribution in [1.82, 2.24) is 10.3 Å². The molecule has 4 heteroatoms. The smallest absolute Gasteiger partial charge is 0.198 e. The minimum atomic E-state index is 0.455. The standard InChI is InChI=1S/C11H16N2O2/c1-3-12-5-8(1)11-13-10(7-15-11)9-2-4-14-6-9/h7-9,12H,1-6H2. The molecular formula is C11H16N2O2. The molecule has 1 aromatic heterocycles. The summed E-state index contributed by atoms with van der Waals surface area (Å²) in [6, 6.07) is 0. The molecule has 3 heterocycles. The molecule has 4 nitrogen and oxygen atoms in total. The van der Waals surface area contributed by atoms with E-state index in [0.29, 0.717) is 11.8 Å². The van der Waals surface area contributed by atoms with E-state index >= 15 is 0 Å². The Kier molecular flexibility index (Phi) is 2.46. The lowest BCUT2D eigenvalue weighted by Crippen LogP contribution is -2.08. The van der Waals surface area contributed by atoms with E-state index in [-0.39, 0.29) is 0 Å². The fraction of sp³-hybridized carbons (Fsp3) is 0.727. The van der Waals surface area contributed by atoms with Crippen LogP contribution in [-0.2, 0) is 4.74 Å². The molecule has 1 N–H and O–H groups in total. The Labute approximate surface area is 89.0 Å². The molecule has 2 aliphatic heterocycles. The fourth-order valence-electron chi connectivity index (χ4n) is 2.31. The number of nitrogens with zero attached hydrogens (tertiary/aromatic N) is 1. The summed E-state index contributed by atoms with van der Waals surface area (Å²) >= 11 is 0. The summed E-state index contributed by atoms with van der Waals surface area (Å²) in [5.41, 5.74) is 1.08. The SMILES string of the molecule is c1oc(C2CCNC2)nc1C1CCOC1. The summed E-state index contributed by atoms with van der Waals surface area (Å²) < 4.78 is 10.9. The van der Waals surface area contributed by atoms with Crippen molar-refractivity contribution in [3.05, 3.63) is 17.8 Å². The van der Waals surface area contributed by atoms with Gasteiger partial charge >= 0.3 is 0 Å². The third kappa shape index (κ3) is 1.79. The van der Waals surface area contributed by atoms with Crippen LogP contribution >= 0.6 is 0 Å². The Morgan fingerprint density at radius 1 is 1.33 bits per heavy atom. The summed E-state index contributed by atoms with van der Waals surface area (Å²) in [4.78, 5) is 4.59.